The second-order valence-electron chi connectivity index (χ2n) is 7.55. The predicted octanol–water partition coefficient (Wildman–Crippen LogP) is 3.80. The lowest BCUT2D eigenvalue weighted by Gasteiger charge is -2.26. The molecule has 2 aromatic rings. The zero-order valence-electron chi connectivity index (χ0n) is 16.1. The third kappa shape index (κ3) is 4.37. The van der Waals surface area contributed by atoms with Crippen molar-refractivity contribution in [3.05, 3.63) is 64.2 Å². The molecular formula is C21H21ClN2O3S2. The Morgan fingerprint density at radius 2 is 1.90 bits per heavy atom. The average molecular weight is 449 g/mol. The maximum atomic E-state index is 12.7. The molecule has 2 heterocycles. The van der Waals surface area contributed by atoms with E-state index in [1.54, 1.807) is 6.07 Å². The minimum absolute atomic E-state index is 0.0573. The van der Waals surface area contributed by atoms with Gasteiger partial charge in [-0.3, -0.25) is 4.79 Å². The summed E-state index contributed by atoms with van der Waals surface area (Å²) in [6, 6.07) is 13.0. The number of carbonyl (C=O) groups is 1. The number of fused-ring (bicyclic) bond motifs is 1. The molecule has 4 rings (SSSR count). The highest BCUT2D eigenvalue weighted by molar-refractivity contribution is 8.16. The molecule has 5 nitrogen and oxygen atoms in total. The largest absolute Gasteiger partial charge is 0.315 e. The van der Waals surface area contributed by atoms with E-state index in [1.165, 1.54) is 11.8 Å². The fourth-order valence-electron chi connectivity index (χ4n) is 3.72. The van der Waals surface area contributed by atoms with E-state index < -0.39 is 9.84 Å². The van der Waals surface area contributed by atoms with Gasteiger partial charge in [-0.15, -0.1) is 0 Å². The Bertz CT molecular complexity index is 1100. The van der Waals surface area contributed by atoms with Crippen molar-refractivity contribution in [1.82, 2.24) is 0 Å². The van der Waals surface area contributed by atoms with Gasteiger partial charge in [0.2, 0.25) is 0 Å². The van der Waals surface area contributed by atoms with Gasteiger partial charge in [-0.1, -0.05) is 59.3 Å². The number of halogens is 1. The number of aliphatic imine (C=N–C) groups is 1. The standard InChI is InChI=1S/C21H21ClN2O3S2/c1-13-3-6-15(7-4-13)9-20(25)23-21-24(17-10-16(22)8-5-14(17)2)18-11-29(26,27)12-19(18)28-21/h3-8,10,18-19H,9,11-12H2,1-2H3/t18-,19-/m1/s1. The number of aryl methyl sites for hydroxylation is 2. The molecule has 0 unspecified atom stereocenters. The molecule has 1 amide bonds. The second kappa shape index (κ2) is 7.78. The van der Waals surface area contributed by atoms with E-state index in [2.05, 4.69) is 4.99 Å². The first kappa shape index (κ1) is 20.4. The number of hydrogen-bond donors (Lipinski definition) is 0. The molecule has 0 bridgehead atoms. The molecule has 2 fully saturated rings. The second-order valence-corrected chi connectivity index (χ2v) is 11.3. The van der Waals surface area contributed by atoms with Crippen LogP contribution in [0.5, 0.6) is 0 Å². The Balaban J connectivity index is 1.67. The van der Waals surface area contributed by atoms with Gasteiger partial charge in [0.15, 0.2) is 15.0 Å². The van der Waals surface area contributed by atoms with Crippen LogP contribution in [0, 0.1) is 13.8 Å². The normalized spacial score (nSPS) is 24.1. The summed E-state index contributed by atoms with van der Waals surface area (Å²) in [4.78, 5) is 18.9. The van der Waals surface area contributed by atoms with Gasteiger partial charge in [-0.05, 0) is 37.1 Å². The lowest BCUT2D eigenvalue weighted by molar-refractivity contribution is -0.117. The molecule has 8 heteroatoms. The number of sulfone groups is 1. The van der Waals surface area contributed by atoms with E-state index in [4.69, 9.17) is 11.6 Å². The molecule has 0 aromatic heterocycles. The van der Waals surface area contributed by atoms with Gasteiger partial charge in [0, 0.05) is 16.0 Å². The Morgan fingerprint density at radius 1 is 1.17 bits per heavy atom. The summed E-state index contributed by atoms with van der Waals surface area (Å²) < 4.78 is 24.4. The number of benzene rings is 2. The highest BCUT2D eigenvalue weighted by Gasteiger charge is 2.49. The Labute approximate surface area is 180 Å². The van der Waals surface area contributed by atoms with Crippen molar-refractivity contribution in [3.63, 3.8) is 0 Å². The van der Waals surface area contributed by atoms with Crippen LogP contribution in [0.3, 0.4) is 0 Å². The number of nitrogens with zero attached hydrogens (tertiary/aromatic N) is 2. The van der Waals surface area contributed by atoms with Crippen molar-refractivity contribution >= 4 is 50.0 Å². The molecule has 2 atom stereocenters. The Kier molecular flexibility index (Phi) is 5.48. The molecule has 2 saturated heterocycles. The van der Waals surface area contributed by atoms with E-state index in [0.29, 0.717) is 10.2 Å². The van der Waals surface area contributed by atoms with Gasteiger partial charge in [0.1, 0.15) is 0 Å². The van der Waals surface area contributed by atoms with Crippen LogP contribution in [-0.4, -0.2) is 42.3 Å². The van der Waals surface area contributed by atoms with E-state index >= 15 is 0 Å². The van der Waals surface area contributed by atoms with Crippen LogP contribution in [0.1, 0.15) is 16.7 Å². The van der Waals surface area contributed by atoms with Crippen LogP contribution in [0.15, 0.2) is 47.5 Å². The van der Waals surface area contributed by atoms with Crippen LogP contribution in [0.2, 0.25) is 5.02 Å². The average Bonchev–Trinajstić information content (AvgIpc) is 3.10. The number of thioether (sulfide) groups is 1. The molecule has 2 aliphatic rings. The van der Waals surface area contributed by atoms with Crippen molar-refractivity contribution in [3.8, 4) is 0 Å². The lowest BCUT2D eigenvalue weighted by atomic mass is 10.1. The van der Waals surface area contributed by atoms with Crippen molar-refractivity contribution in [2.45, 2.75) is 31.6 Å². The number of carbonyl (C=O) groups excluding carboxylic acids is 1. The quantitative estimate of drug-likeness (QED) is 0.714. The fraction of sp³-hybridized carbons (Fsp3) is 0.333. The molecule has 0 spiro atoms. The maximum Gasteiger partial charge on any atom is 0.252 e. The van der Waals surface area contributed by atoms with Crippen molar-refractivity contribution in [2.75, 3.05) is 16.4 Å². The molecular weight excluding hydrogens is 428 g/mol. The zero-order chi connectivity index (χ0) is 20.8. The summed E-state index contributed by atoms with van der Waals surface area (Å²) in [5.41, 5.74) is 3.80. The molecule has 0 N–H and O–H groups in total. The van der Waals surface area contributed by atoms with Crippen LogP contribution < -0.4 is 4.90 Å². The number of amidine groups is 1. The smallest absolute Gasteiger partial charge is 0.252 e. The molecule has 0 aliphatic carbocycles. The third-order valence-electron chi connectivity index (χ3n) is 5.19. The predicted molar refractivity (Wildman–Crippen MR) is 120 cm³/mol. The first-order valence-corrected chi connectivity index (χ1v) is 12.4. The van der Waals surface area contributed by atoms with Gasteiger partial charge >= 0.3 is 0 Å². The topological polar surface area (TPSA) is 66.8 Å². The number of hydrogen-bond acceptors (Lipinski definition) is 4. The molecule has 29 heavy (non-hydrogen) atoms. The Morgan fingerprint density at radius 3 is 2.62 bits per heavy atom. The monoisotopic (exact) mass is 448 g/mol. The fourth-order valence-corrected chi connectivity index (χ4v) is 7.81. The van der Waals surface area contributed by atoms with Crippen LogP contribution in [-0.2, 0) is 21.1 Å². The first-order valence-electron chi connectivity index (χ1n) is 9.31. The van der Waals surface area contributed by atoms with Crippen LogP contribution >= 0.6 is 23.4 Å². The van der Waals surface area contributed by atoms with E-state index in [-0.39, 0.29) is 35.1 Å². The van der Waals surface area contributed by atoms with Gasteiger partial charge in [-0.2, -0.15) is 4.99 Å². The van der Waals surface area contributed by atoms with Crippen molar-refractivity contribution < 1.29 is 13.2 Å². The van der Waals surface area contributed by atoms with Gasteiger partial charge < -0.3 is 4.90 Å². The summed E-state index contributed by atoms with van der Waals surface area (Å²) in [7, 11) is -3.11. The highest BCUT2D eigenvalue weighted by Crippen LogP contribution is 2.42. The maximum absolute atomic E-state index is 12.7. The number of amides is 1. The number of anilines is 1. The van der Waals surface area contributed by atoms with Crippen LogP contribution in [0.4, 0.5) is 5.69 Å². The van der Waals surface area contributed by atoms with Crippen molar-refractivity contribution in [2.24, 2.45) is 4.99 Å². The van der Waals surface area contributed by atoms with Gasteiger partial charge in [-0.25, -0.2) is 8.42 Å². The minimum atomic E-state index is -3.11. The summed E-state index contributed by atoms with van der Waals surface area (Å²) in [5, 5.41) is 0.979. The Hall–Kier alpha value is -1.83. The SMILES string of the molecule is Cc1ccc(CC(=O)N=C2S[C@@H]3CS(=O)(=O)C[C@H]3N2c2cc(Cl)ccc2C)cc1. The molecule has 0 radical (unpaired) electrons. The lowest BCUT2D eigenvalue weighted by Crippen LogP contribution is -2.38. The molecule has 2 aromatic carbocycles. The minimum Gasteiger partial charge on any atom is -0.315 e. The molecule has 152 valence electrons. The van der Waals surface area contributed by atoms with E-state index in [9.17, 15) is 13.2 Å². The third-order valence-corrected chi connectivity index (χ3v) is 8.64. The first-order chi connectivity index (χ1) is 13.7. The van der Waals surface area contributed by atoms with Crippen LogP contribution in [0.25, 0.3) is 0 Å². The summed E-state index contributed by atoms with van der Waals surface area (Å²) in [6.07, 6.45) is 0.209. The summed E-state index contributed by atoms with van der Waals surface area (Å²) >= 11 is 7.58. The van der Waals surface area contributed by atoms with Crippen molar-refractivity contribution in [1.29, 1.82) is 0 Å². The zero-order valence-corrected chi connectivity index (χ0v) is 18.5. The summed E-state index contributed by atoms with van der Waals surface area (Å²) in [5.74, 6) is -0.0883. The molecule has 0 saturated carbocycles. The van der Waals surface area contributed by atoms with E-state index in [0.717, 1.165) is 22.4 Å². The molecule has 2 aliphatic heterocycles. The van der Waals surface area contributed by atoms with Gasteiger partial charge in [0.25, 0.3) is 5.91 Å². The van der Waals surface area contributed by atoms with E-state index in [1.807, 2.05) is 55.1 Å². The highest BCUT2D eigenvalue weighted by atomic mass is 35.5. The number of rotatable bonds is 3. The summed E-state index contributed by atoms with van der Waals surface area (Å²) in [6.45, 7) is 3.94. The van der Waals surface area contributed by atoms with Gasteiger partial charge in [0.05, 0.1) is 24.0 Å².